The van der Waals surface area contributed by atoms with Gasteiger partial charge in [0.15, 0.2) is 0 Å². The van der Waals surface area contributed by atoms with Gasteiger partial charge in [0.05, 0.1) is 0 Å². The number of aromatic nitrogens is 1. The Balaban J connectivity index is 2.30. The highest BCUT2D eigenvalue weighted by molar-refractivity contribution is 6.31. The molecule has 0 saturated heterocycles. The van der Waals surface area contributed by atoms with Gasteiger partial charge in [-0.2, -0.15) is 0 Å². The fourth-order valence-corrected chi connectivity index (χ4v) is 2.49. The van der Waals surface area contributed by atoms with Crippen LogP contribution in [0.3, 0.4) is 0 Å². The first-order valence-corrected chi connectivity index (χ1v) is 7.60. The van der Waals surface area contributed by atoms with Crippen molar-refractivity contribution in [3.8, 4) is 0 Å². The molecule has 0 unspecified atom stereocenters. The number of hydrogen-bond donors (Lipinski definition) is 2. The lowest BCUT2D eigenvalue weighted by Crippen LogP contribution is -2.21. The Morgan fingerprint density at radius 3 is 2.81 bits per heavy atom. The molecule has 114 valence electrons. The molecule has 0 saturated carbocycles. The van der Waals surface area contributed by atoms with Crippen molar-refractivity contribution in [2.24, 2.45) is 0 Å². The second-order valence-electron chi connectivity index (χ2n) is 5.47. The topological polar surface area (TPSA) is 46.1 Å². The van der Waals surface area contributed by atoms with Crippen molar-refractivity contribution in [2.75, 3.05) is 7.05 Å². The monoisotopic (exact) mass is 307 g/mol. The van der Waals surface area contributed by atoms with Gasteiger partial charge in [0.2, 0.25) is 5.91 Å². The summed E-state index contributed by atoms with van der Waals surface area (Å²) in [6.07, 6.45) is 2.57. The summed E-state index contributed by atoms with van der Waals surface area (Å²) in [6, 6.07) is 6.35. The Hall–Kier alpha value is -1.52. The largest absolute Gasteiger partial charge is 0.359 e. The molecule has 1 amide bonds. The molecule has 0 spiro atoms. The maximum Gasteiger partial charge on any atom is 0.221 e. The number of nitrogens with one attached hydrogen (secondary N) is 2. The van der Waals surface area contributed by atoms with Crippen LogP contribution in [0.2, 0.25) is 5.02 Å². The SMILES string of the molecule is CNC(=O)CCn1cc(CNC(C)C)c2ccc(Cl)cc21. The number of hydrogen-bond acceptors (Lipinski definition) is 2. The van der Waals surface area contributed by atoms with E-state index in [2.05, 4.69) is 35.2 Å². The van der Waals surface area contributed by atoms with E-state index in [9.17, 15) is 4.79 Å². The fourth-order valence-electron chi connectivity index (χ4n) is 2.33. The third-order valence-electron chi connectivity index (χ3n) is 3.49. The maximum atomic E-state index is 11.4. The van der Waals surface area contributed by atoms with E-state index in [0.29, 0.717) is 24.0 Å². The standard InChI is InChI=1S/C16H22ClN3O/c1-11(2)19-9-12-10-20(7-6-16(21)18-3)15-8-13(17)4-5-14(12)15/h4-5,8,10-11,19H,6-7,9H2,1-3H3,(H,18,21). The molecule has 21 heavy (non-hydrogen) atoms. The molecule has 0 fully saturated rings. The van der Waals surface area contributed by atoms with Crippen LogP contribution >= 0.6 is 11.6 Å². The molecule has 0 aliphatic heterocycles. The van der Waals surface area contributed by atoms with E-state index in [1.807, 2.05) is 18.2 Å². The molecule has 1 aromatic heterocycles. The smallest absolute Gasteiger partial charge is 0.221 e. The zero-order chi connectivity index (χ0) is 15.4. The van der Waals surface area contributed by atoms with Crippen LogP contribution in [0.4, 0.5) is 0 Å². The van der Waals surface area contributed by atoms with Gasteiger partial charge in [-0.1, -0.05) is 31.5 Å². The number of nitrogens with zero attached hydrogens (tertiary/aromatic N) is 1. The first-order valence-electron chi connectivity index (χ1n) is 7.22. The van der Waals surface area contributed by atoms with Crippen molar-refractivity contribution >= 4 is 28.4 Å². The Bertz CT molecular complexity index is 634. The van der Waals surface area contributed by atoms with E-state index in [1.54, 1.807) is 7.05 Å². The second-order valence-corrected chi connectivity index (χ2v) is 5.90. The molecule has 4 nitrogen and oxygen atoms in total. The van der Waals surface area contributed by atoms with Crippen LogP contribution in [0.5, 0.6) is 0 Å². The van der Waals surface area contributed by atoms with Crippen molar-refractivity contribution in [1.29, 1.82) is 0 Å². The van der Waals surface area contributed by atoms with E-state index < -0.39 is 0 Å². The Labute approximate surface area is 130 Å². The highest BCUT2D eigenvalue weighted by Gasteiger charge is 2.10. The number of amides is 1. The summed E-state index contributed by atoms with van der Waals surface area (Å²) in [4.78, 5) is 11.4. The van der Waals surface area contributed by atoms with Gasteiger partial charge in [-0.3, -0.25) is 4.79 Å². The van der Waals surface area contributed by atoms with Gasteiger partial charge in [0, 0.05) is 54.7 Å². The minimum absolute atomic E-state index is 0.0423. The highest BCUT2D eigenvalue weighted by atomic mass is 35.5. The van der Waals surface area contributed by atoms with Crippen LogP contribution in [0.25, 0.3) is 10.9 Å². The van der Waals surface area contributed by atoms with Crippen molar-refractivity contribution in [2.45, 2.75) is 39.4 Å². The summed E-state index contributed by atoms with van der Waals surface area (Å²) in [5, 5.41) is 7.98. The summed E-state index contributed by atoms with van der Waals surface area (Å²) in [5.41, 5.74) is 2.30. The quantitative estimate of drug-likeness (QED) is 0.862. The Morgan fingerprint density at radius 1 is 1.38 bits per heavy atom. The molecule has 0 bridgehead atoms. The molecule has 0 aliphatic carbocycles. The minimum atomic E-state index is 0.0423. The van der Waals surface area contributed by atoms with Gasteiger partial charge in [-0.25, -0.2) is 0 Å². The molecule has 0 radical (unpaired) electrons. The van der Waals surface area contributed by atoms with Gasteiger partial charge in [0.25, 0.3) is 0 Å². The molecule has 2 N–H and O–H groups in total. The van der Waals surface area contributed by atoms with Crippen molar-refractivity contribution in [3.05, 3.63) is 35.0 Å². The first kappa shape index (κ1) is 15.9. The molecular formula is C16H22ClN3O. The van der Waals surface area contributed by atoms with Crippen LogP contribution in [0.1, 0.15) is 25.8 Å². The van der Waals surface area contributed by atoms with E-state index in [1.165, 1.54) is 10.9 Å². The van der Waals surface area contributed by atoms with E-state index >= 15 is 0 Å². The van der Waals surface area contributed by atoms with Crippen molar-refractivity contribution in [3.63, 3.8) is 0 Å². The van der Waals surface area contributed by atoms with Crippen molar-refractivity contribution < 1.29 is 4.79 Å². The minimum Gasteiger partial charge on any atom is -0.359 e. The summed E-state index contributed by atoms with van der Waals surface area (Å²) in [5.74, 6) is 0.0423. The average Bonchev–Trinajstić information content (AvgIpc) is 2.79. The summed E-state index contributed by atoms with van der Waals surface area (Å²) < 4.78 is 2.10. The van der Waals surface area contributed by atoms with Crippen LogP contribution in [0, 0.1) is 0 Å². The van der Waals surface area contributed by atoms with Crippen LogP contribution in [-0.4, -0.2) is 23.6 Å². The highest BCUT2D eigenvalue weighted by Crippen LogP contribution is 2.25. The number of carbonyl (C=O) groups excluding carboxylic acids is 1. The number of aryl methyl sites for hydroxylation is 1. The molecule has 2 aromatic rings. The second kappa shape index (κ2) is 6.96. The first-order chi connectivity index (χ1) is 10.0. The molecule has 1 heterocycles. The molecule has 2 rings (SSSR count). The molecule has 0 aliphatic rings. The third-order valence-corrected chi connectivity index (χ3v) is 3.72. The lowest BCUT2D eigenvalue weighted by Gasteiger charge is -2.06. The molecule has 5 heteroatoms. The number of carbonyl (C=O) groups is 1. The van der Waals surface area contributed by atoms with E-state index in [-0.39, 0.29) is 5.91 Å². The third kappa shape index (κ3) is 3.99. The number of fused-ring (bicyclic) bond motifs is 1. The normalized spacial score (nSPS) is 11.3. The summed E-state index contributed by atoms with van der Waals surface area (Å²) >= 11 is 6.11. The number of rotatable bonds is 6. The predicted molar refractivity (Wildman–Crippen MR) is 87.6 cm³/mol. The van der Waals surface area contributed by atoms with E-state index in [0.717, 1.165) is 12.1 Å². The molecular weight excluding hydrogens is 286 g/mol. The Morgan fingerprint density at radius 2 is 2.14 bits per heavy atom. The molecule has 0 atom stereocenters. The summed E-state index contributed by atoms with van der Waals surface area (Å²) in [7, 11) is 1.66. The fraction of sp³-hybridized carbons (Fsp3) is 0.438. The lowest BCUT2D eigenvalue weighted by molar-refractivity contribution is -0.120. The van der Waals surface area contributed by atoms with Gasteiger partial charge < -0.3 is 15.2 Å². The van der Waals surface area contributed by atoms with E-state index in [4.69, 9.17) is 11.6 Å². The van der Waals surface area contributed by atoms with Crippen LogP contribution in [0.15, 0.2) is 24.4 Å². The predicted octanol–water partition coefficient (Wildman–Crippen LogP) is 2.93. The van der Waals surface area contributed by atoms with Gasteiger partial charge in [0.1, 0.15) is 0 Å². The van der Waals surface area contributed by atoms with Crippen LogP contribution in [-0.2, 0) is 17.9 Å². The number of benzene rings is 1. The number of halogens is 1. The Kier molecular flexibility index (Phi) is 5.26. The van der Waals surface area contributed by atoms with Gasteiger partial charge in [-0.15, -0.1) is 0 Å². The zero-order valence-corrected chi connectivity index (χ0v) is 13.5. The average molecular weight is 308 g/mol. The molecule has 1 aromatic carbocycles. The van der Waals surface area contributed by atoms with Gasteiger partial charge in [-0.05, 0) is 17.7 Å². The maximum absolute atomic E-state index is 11.4. The van der Waals surface area contributed by atoms with Gasteiger partial charge >= 0.3 is 0 Å². The van der Waals surface area contributed by atoms with Crippen molar-refractivity contribution in [1.82, 2.24) is 15.2 Å². The lowest BCUT2D eigenvalue weighted by atomic mass is 10.1. The summed E-state index contributed by atoms with van der Waals surface area (Å²) in [6.45, 7) is 5.71. The zero-order valence-electron chi connectivity index (χ0n) is 12.7. The van der Waals surface area contributed by atoms with Crippen LogP contribution < -0.4 is 10.6 Å².